The fraction of sp³-hybridized carbons (Fsp3) is 1.00. The summed E-state index contributed by atoms with van der Waals surface area (Å²) in [7, 11) is 9.83. The van der Waals surface area contributed by atoms with Gasteiger partial charge in [-0.15, -0.1) is 0 Å². The largest absolute Gasteiger partial charge is 0.0817 e. The van der Waals surface area contributed by atoms with Gasteiger partial charge in [-0.05, 0) is 42.3 Å². The fourth-order valence-electron chi connectivity index (χ4n) is 0.941. The van der Waals surface area contributed by atoms with Crippen molar-refractivity contribution in [1.82, 2.24) is 0 Å². The molecule has 0 aliphatic heterocycles. The van der Waals surface area contributed by atoms with Crippen LogP contribution < -0.4 is 0 Å². The van der Waals surface area contributed by atoms with Crippen LogP contribution in [0.2, 0.25) is 0 Å². The zero-order valence-electron chi connectivity index (χ0n) is 9.70. The molecule has 15 heavy (non-hydrogen) atoms. The van der Waals surface area contributed by atoms with E-state index in [9.17, 15) is 0 Å². The van der Waals surface area contributed by atoms with E-state index in [4.69, 9.17) is 0 Å². The third-order valence-electron chi connectivity index (χ3n) is 1.81. The quantitative estimate of drug-likeness (QED) is 0.290. The summed E-state index contributed by atoms with van der Waals surface area (Å²) in [6, 6.07) is 0. The lowest BCUT2D eigenvalue weighted by atomic mass is 10.3. The molecule has 92 valence electrons. The molecule has 0 aromatic carbocycles. The molecule has 0 N–H and O–H groups in total. The molecule has 0 aromatic heterocycles. The maximum absolute atomic E-state index is 2.26. The van der Waals surface area contributed by atoms with Gasteiger partial charge < -0.3 is 0 Å². The molecular formula is C10H22S5. The van der Waals surface area contributed by atoms with Crippen LogP contribution in [0, 0.1) is 0 Å². The van der Waals surface area contributed by atoms with Crippen LogP contribution in [0.3, 0.4) is 0 Å². The zero-order chi connectivity index (χ0) is 11.2. The van der Waals surface area contributed by atoms with Gasteiger partial charge in [-0.1, -0.05) is 61.1 Å². The van der Waals surface area contributed by atoms with E-state index < -0.39 is 0 Å². The minimum atomic E-state index is 1.31. The second-order valence-electron chi connectivity index (χ2n) is 3.26. The van der Waals surface area contributed by atoms with Crippen molar-refractivity contribution in [3.05, 3.63) is 0 Å². The molecule has 0 radical (unpaired) electrons. The molecule has 0 saturated carbocycles. The van der Waals surface area contributed by atoms with Crippen LogP contribution in [0.4, 0.5) is 0 Å². The van der Waals surface area contributed by atoms with Gasteiger partial charge in [-0.25, -0.2) is 0 Å². The van der Waals surface area contributed by atoms with Crippen LogP contribution in [-0.4, -0.2) is 11.5 Å². The average Bonchev–Trinajstić information content (AvgIpc) is 2.26. The minimum absolute atomic E-state index is 1.31. The summed E-state index contributed by atoms with van der Waals surface area (Å²) in [5, 5.41) is 0. The van der Waals surface area contributed by atoms with Gasteiger partial charge in [-0.3, -0.25) is 0 Å². The summed E-state index contributed by atoms with van der Waals surface area (Å²) in [6.45, 7) is 4.52. The van der Waals surface area contributed by atoms with Crippen LogP contribution in [-0.2, 0) is 0 Å². The highest BCUT2D eigenvalue weighted by molar-refractivity contribution is 9.35. The third-order valence-corrected chi connectivity index (χ3v) is 10.7. The second-order valence-corrected chi connectivity index (χ2v) is 11.3. The van der Waals surface area contributed by atoms with Gasteiger partial charge in [-0.2, -0.15) is 0 Å². The van der Waals surface area contributed by atoms with E-state index in [0.29, 0.717) is 0 Å². The van der Waals surface area contributed by atoms with Gasteiger partial charge in [0.2, 0.25) is 0 Å². The molecule has 0 saturated heterocycles. The highest BCUT2D eigenvalue weighted by Gasteiger charge is 1.94. The predicted molar refractivity (Wildman–Crippen MR) is 86.7 cm³/mol. The lowest BCUT2D eigenvalue weighted by Crippen LogP contribution is -1.75. The molecule has 5 heteroatoms. The van der Waals surface area contributed by atoms with E-state index in [-0.39, 0.29) is 0 Å². The summed E-state index contributed by atoms with van der Waals surface area (Å²) in [6.07, 6.45) is 8.20. The molecule has 0 bridgehead atoms. The first-order valence-corrected chi connectivity index (χ1v) is 12.1. The summed E-state index contributed by atoms with van der Waals surface area (Å²) in [5.74, 6) is 2.62. The lowest BCUT2D eigenvalue weighted by Gasteiger charge is -1.99. The maximum atomic E-state index is 2.26. The first kappa shape index (κ1) is 16.8. The Hall–Kier alpha value is 1.75. The standard InChI is InChI=1S/C10H22S5/c1-3-5-7-9-11-13-15-14-12-10-8-6-4-2/h3-10H2,1-2H3. The van der Waals surface area contributed by atoms with Crippen molar-refractivity contribution in [2.75, 3.05) is 11.5 Å². The van der Waals surface area contributed by atoms with Crippen LogP contribution in [0.25, 0.3) is 0 Å². The molecule has 0 aromatic rings. The number of hydrogen-bond donors (Lipinski definition) is 0. The Morgan fingerprint density at radius 2 is 1.07 bits per heavy atom. The zero-order valence-corrected chi connectivity index (χ0v) is 13.8. The predicted octanol–water partition coefficient (Wildman–Crippen LogP) is 6.69. The Bertz CT molecular complexity index is 98.0. The smallest absolute Gasteiger partial charge is 0.00454 e. The molecule has 0 spiro atoms. The first-order valence-electron chi connectivity index (χ1n) is 5.66. The van der Waals surface area contributed by atoms with Crippen molar-refractivity contribution < 1.29 is 0 Å². The molecule has 0 aliphatic carbocycles. The van der Waals surface area contributed by atoms with E-state index in [1.165, 1.54) is 50.0 Å². The second kappa shape index (κ2) is 15.8. The molecule has 0 atom stereocenters. The highest BCUT2D eigenvalue weighted by atomic mass is 33.8. The van der Waals surface area contributed by atoms with Crippen LogP contribution >= 0.6 is 51.1 Å². The monoisotopic (exact) mass is 302 g/mol. The van der Waals surface area contributed by atoms with Gasteiger partial charge in [0.1, 0.15) is 0 Å². The van der Waals surface area contributed by atoms with Crippen molar-refractivity contribution in [3.63, 3.8) is 0 Å². The minimum Gasteiger partial charge on any atom is -0.0817 e. The first-order chi connectivity index (χ1) is 7.41. The Morgan fingerprint density at radius 3 is 1.47 bits per heavy atom. The Labute approximate surface area is 114 Å². The molecule has 0 heterocycles. The molecule has 0 nitrogen and oxygen atoms in total. The molecule has 0 aliphatic rings. The summed E-state index contributed by atoms with van der Waals surface area (Å²) < 4.78 is 0. The Morgan fingerprint density at radius 1 is 0.600 bits per heavy atom. The third kappa shape index (κ3) is 15.8. The maximum Gasteiger partial charge on any atom is 0.00454 e. The fourth-order valence-corrected chi connectivity index (χ4v) is 9.95. The van der Waals surface area contributed by atoms with E-state index in [1.54, 1.807) is 0 Å². The Balaban J connectivity index is 2.81. The van der Waals surface area contributed by atoms with Crippen molar-refractivity contribution >= 4 is 51.1 Å². The number of hydrogen-bond acceptors (Lipinski definition) is 5. The normalized spacial score (nSPS) is 10.8. The SMILES string of the molecule is CCCCCSSSSSCCCCC. The van der Waals surface area contributed by atoms with Crippen molar-refractivity contribution in [3.8, 4) is 0 Å². The lowest BCUT2D eigenvalue weighted by molar-refractivity contribution is 0.780. The molecule has 0 fully saturated rings. The van der Waals surface area contributed by atoms with Gasteiger partial charge in [0.15, 0.2) is 0 Å². The molecule has 0 amide bonds. The van der Waals surface area contributed by atoms with Crippen molar-refractivity contribution in [2.24, 2.45) is 0 Å². The molecular weight excluding hydrogens is 280 g/mol. The van der Waals surface area contributed by atoms with E-state index in [0.717, 1.165) is 0 Å². The number of unbranched alkanes of at least 4 members (excludes halogenated alkanes) is 4. The van der Waals surface area contributed by atoms with Gasteiger partial charge in [0.25, 0.3) is 0 Å². The van der Waals surface area contributed by atoms with Crippen LogP contribution in [0.15, 0.2) is 0 Å². The summed E-state index contributed by atoms with van der Waals surface area (Å²) in [5.41, 5.74) is 0. The summed E-state index contributed by atoms with van der Waals surface area (Å²) >= 11 is 0. The van der Waals surface area contributed by atoms with Gasteiger partial charge in [0, 0.05) is 11.5 Å². The van der Waals surface area contributed by atoms with E-state index >= 15 is 0 Å². The van der Waals surface area contributed by atoms with Crippen LogP contribution in [0.5, 0.6) is 0 Å². The number of rotatable bonds is 12. The summed E-state index contributed by atoms with van der Waals surface area (Å²) in [4.78, 5) is 0. The topological polar surface area (TPSA) is 0 Å². The average molecular weight is 303 g/mol. The van der Waals surface area contributed by atoms with E-state index in [2.05, 4.69) is 13.8 Å². The van der Waals surface area contributed by atoms with Gasteiger partial charge in [0.05, 0.1) is 0 Å². The highest BCUT2D eigenvalue weighted by Crippen LogP contribution is 2.48. The van der Waals surface area contributed by atoms with Crippen LogP contribution in [0.1, 0.15) is 52.4 Å². The molecule has 0 unspecified atom stereocenters. The van der Waals surface area contributed by atoms with Gasteiger partial charge >= 0.3 is 0 Å². The van der Waals surface area contributed by atoms with Crippen molar-refractivity contribution in [2.45, 2.75) is 52.4 Å². The molecule has 0 rings (SSSR count). The van der Waals surface area contributed by atoms with E-state index in [1.807, 2.05) is 51.1 Å². The Kier molecular flexibility index (Phi) is 17.6. The van der Waals surface area contributed by atoms with Crippen molar-refractivity contribution in [1.29, 1.82) is 0 Å².